The van der Waals surface area contributed by atoms with Crippen LogP contribution in [0.25, 0.3) is 11.0 Å². The number of allylic oxidation sites excluding steroid dienone is 3. The number of ketones is 1. The van der Waals surface area contributed by atoms with Crippen LogP contribution in [0.1, 0.15) is 15.9 Å². The molecule has 1 aliphatic carbocycles. The average Bonchev–Trinajstić information content (AvgIpc) is 3.15. The summed E-state index contributed by atoms with van der Waals surface area (Å²) in [5, 5.41) is 15.5. The molecule has 0 bridgehead atoms. The first-order valence-electron chi connectivity index (χ1n) is 8.84. The minimum Gasteiger partial charge on any atom is -0.345 e. The first-order chi connectivity index (χ1) is 15.1. The number of rotatable bonds is 5. The molecule has 162 valence electrons. The van der Waals surface area contributed by atoms with Crippen molar-refractivity contribution in [3.05, 3.63) is 81.5 Å². The zero-order valence-electron chi connectivity index (χ0n) is 15.8. The van der Waals surface area contributed by atoms with Crippen LogP contribution in [-0.2, 0) is 10.0 Å². The van der Waals surface area contributed by atoms with E-state index >= 15 is 4.39 Å². The second-order valence-electron chi connectivity index (χ2n) is 6.68. The molecule has 0 unspecified atom stereocenters. The van der Waals surface area contributed by atoms with Crippen LogP contribution in [0.4, 0.5) is 14.5 Å². The van der Waals surface area contributed by atoms with Crippen molar-refractivity contribution < 1.29 is 22.0 Å². The number of pyridine rings is 1. The number of hydrogen-bond acceptors (Lipinski definition) is 6. The Bertz CT molecular complexity index is 1510. The number of aromatic nitrogens is 2. The predicted molar refractivity (Wildman–Crippen MR) is 116 cm³/mol. The Hall–Kier alpha value is -3.70. The minimum atomic E-state index is -4.39. The molecule has 0 atom stereocenters. The molecule has 12 heteroatoms. The highest BCUT2D eigenvalue weighted by Gasteiger charge is 2.27. The maximum absolute atomic E-state index is 15.1. The number of hydrogen-bond donors (Lipinski definition) is 4. The van der Waals surface area contributed by atoms with E-state index in [9.17, 15) is 17.6 Å². The van der Waals surface area contributed by atoms with Gasteiger partial charge in [-0.25, -0.2) is 22.2 Å². The lowest BCUT2D eigenvalue weighted by Gasteiger charge is -2.14. The fraction of sp³-hybridized carbons (Fsp3) is 0. The third-order valence-corrected chi connectivity index (χ3v) is 6.18. The molecule has 0 radical (unpaired) electrons. The van der Waals surface area contributed by atoms with Crippen LogP contribution >= 0.6 is 11.6 Å². The van der Waals surface area contributed by atoms with Crippen molar-refractivity contribution >= 4 is 55.6 Å². The Morgan fingerprint density at radius 3 is 2.62 bits per heavy atom. The van der Waals surface area contributed by atoms with Crippen molar-refractivity contribution in [3.63, 3.8) is 0 Å². The maximum atomic E-state index is 15.1. The van der Waals surface area contributed by atoms with Crippen molar-refractivity contribution in [3.8, 4) is 0 Å². The number of sulfonamides is 1. The van der Waals surface area contributed by atoms with Crippen LogP contribution in [0.15, 0.2) is 53.7 Å². The molecule has 3 aromatic rings. The van der Waals surface area contributed by atoms with Gasteiger partial charge in [0.15, 0.2) is 5.82 Å². The van der Waals surface area contributed by atoms with Crippen LogP contribution in [0, 0.1) is 22.5 Å². The number of carbonyl (C=O) groups excluding carboxylic acids is 1. The van der Waals surface area contributed by atoms with Crippen LogP contribution in [0.3, 0.4) is 0 Å². The molecule has 0 saturated heterocycles. The van der Waals surface area contributed by atoms with E-state index < -0.39 is 43.6 Å². The van der Waals surface area contributed by atoms with Gasteiger partial charge < -0.3 is 4.98 Å². The smallest absolute Gasteiger partial charge is 0.262 e. The number of nitrogens with one attached hydrogen (secondary N) is 4. The molecular formula is C20H12ClF2N5O3S. The van der Waals surface area contributed by atoms with E-state index in [2.05, 4.69) is 9.97 Å². The van der Waals surface area contributed by atoms with E-state index in [1.807, 2.05) is 4.72 Å². The number of halogens is 3. The summed E-state index contributed by atoms with van der Waals surface area (Å²) in [7, 11) is -4.39. The Kier molecular flexibility index (Phi) is 5.23. The van der Waals surface area contributed by atoms with E-state index in [-0.39, 0.29) is 33.0 Å². The van der Waals surface area contributed by atoms with Crippen LogP contribution in [0.5, 0.6) is 0 Å². The highest BCUT2D eigenvalue weighted by atomic mass is 35.5. The van der Waals surface area contributed by atoms with Gasteiger partial charge in [0.25, 0.3) is 10.0 Å². The monoisotopic (exact) mass is 475 g/mol. The SMILES string of the molecule is N=C1C=CC(S(=O)(=O)Nc2ccc(F)c(C(=O)c3c[nH]c4ncc(Cl)cc34)c2F)=CC1=N. The molecule has 32 heavy (non-hydrogen) atoms. The molecule has 0 fully saturated rings. The van der Waals surface area contributed by atoms with Crippen molar-refractivity contribution in [2.24, 2.45) is 0 Å². The summed E-state index contributed by atoms with van der Waals surface area (Å²) in [6, 6.07) is 3.01. The molecule has 4 rings (SSSR count). The Labute approximate surface area is 184 Å². The minimum absolute atomic E-state index is 0.0994. The Morgan fingerprint density at radius 1 is 1.16 bits per heavy atom. The van der Waals surface area contributed by atoms with Gasteiger partial charge >= 0.3 is 0 Å². The second kappa shape index (κ2) is 7.77. The normalized spacial score (nSPS) is 14.0. The zero-order valence-corrected chi connectivity index (χ0v) is 17.4. The summed E-state index contributed by atoms with van der Waals surface area (Å²) in [5.74, 6) is -3.64. The third kappa shape index (κ3) is 3.72. The molecule has 0 amide bonds. The molecule has 1 aromatic carbocycles. The number of benzene rings is 1. The van der Waals surface area contributed by atoms with E-state index in [4.69, 9.17) is 22.4 Å². The second-order valence-corrected chi connectivity index (χ2v) is 8.80. The van der Waals surface area contributed by atoms with Gasteiger partial charge in [0.2, 0.25) is 5.78 Å². The average molecular weight is 476 g/mol. The fourth-order valence-electron chi connectivity index (χ4n) is 3.03. The molecule has 2 heterocycles. The molecular weight excluding hydrogens is 464 g/mol. The first-order valence-corrected chi connectivity index (χ1v) is 10.7. The third-order valence-electron chi connectivity index (χ3n) is 4.61. The predicted octanol–water partition coefficient (Wildman–Crippen LogP) is 3.96. The summed E-state index contributed by atoms with van der Waals surface area (Å²) in [4.78, 5) is 19.3. The molecule has 0 saturated carbocycles. The Morgan fingerprint density at radius 2 is 1.91 bits per heavy atom. The maximum Gasteiger partial charge on any atom is 0.262 e. The van der Waals surface area contributed by atoms with E-state index in [0.717, 1.165) is 30.4 Å². The Balaban J connectivity index is 1.75. The first kappa shape index (κ1) is 21.5. The van der Waals surface area contributed by atoms with Gasteiger partial charge in [0.05, 0.1) is 32.6 Å². The highest BCUT2D eigenvalue weighted by Crippen LogP contribution is 2.29. The standard InChI is InChI=1S/C20H12ClF2N5O3S/c21-9-5-11-12(8-27-20(11)26-7-9)19(29)17-13(22)2-4-16(18(17)23)28-32(30,31)10-1-3-14(24)15(25)6-10/h1-8,24-25,28H,(H,26,27). The summed E-state index contributed by atoms with van der Waals surface area (Å²) in [6.45, 7) is 0. The van der Waals surface area contributed by atoms with Gasteiger partial charge in [-0.15, -0.1) is 0 Å². The summed E-state index contributed by atoms with van der Waals surface area (Å²) in [6.07, 6.45) is 5.65. The number of anilines is 1. The largest absolute Gasteiger partial charge is 0.345 e. The molecule has 0 aliphatic heterocycles. The van der Waals surface area contributed by atoms with Crippen molar-refractivity contribution in [1.29, 1.82) is 10.8 Å². The lowest BCUT2D eigenvalue weighted by atomic mass is 10.0. The van der Waals surface area contributed by atoms with Gasteiger partial charge in [-0.3, -0.25) is 20.3 Å². The van der Waals surface area contributed by atoms with Crippen molar-refractivity contribution in [2.45, 2.75) is 0 Å². The summed E-state index contributed by atoms with van der Waals surface area (Å²) < 4.78 is 56.8. The van der Waals surface area contributed by atoms with Gasteiger partial charge in [-0.1, -0.05) is 11.6 Å². The number of fused-ring (bicyclic) bond motifs is 1. The molecule has 0 spiro atoms. The van der Waals surface area contributed by atoms with Gasteiger partial charge in [-0.2, -0.15) is 0 Å². The quantitative estimate of drug-likeness (QED) is 0.327. The van der Waals surface area contributed by atoms with Crippen LogP contribution < -0.4 is 4.72 Å². The summed E-state index contributed by atoms with van der Waals surface area (Å²) >= 11 is 5.90. The number of carbonyl (C=O) groups is 1. The van der Waals surface area contributed by atoms with E-state index in [0.29, 0.717) is 0 Å². The van der Waals surface area contributed by atoms with Crippen LogP contribution in [-0.4, -0.2) is 35.6 Å². The lowest BCUT2D eigenvalue weighted by Crippen LogP contribution is -2.21. The fourth-order valence-corrected chi connectivity index (χ4v) is 4.28. The number of H-pyrrole nitrogens is 1. The lowest BCUT2D eigenvalue weighted by molar-refractivity contribution is 0.103. The highest BCUT2D eigenvalue weighted by molar-refractivity contribution is 7.96. The summed E-state index contributed by atoms with van der Waals surface area (Å²) in [5.41, 5.74) is -1.99. The van der Waals surface area contributed by atoms with E-state index in [1.54, 1.807) is 0 Å². The molecule has 8 nitrogen and oxygen atoms in total. The topological polar surface area (TPSA) is 140 Å². The van der Waals surface area contributed by atoms with E-state index in [1.165, 1.54) is 18.5 Å². The zero-order chi connectivity index (χ0) is 23.2. The van der Waals surface area contributed by atoms with Crippen LogP contribution in [0.2, 0.25) is 5.02 Å². The van der Waals surface area contributed by atoms with Crippen molar-refractivity contribution in [2.75, 3.05) is 4.72 Å². The molecule has 1 aliphatic rings. The van der Waals surface area contributed by atoms with Gasteiger partial charge in [0, 0.05) is 23.3 Å². The molecule has 4 N–H and O–H groups in total. The van der Waals surface area contributed by atoms with Gasteiger partial charge in [0.1, 0.15) is 11.5 Å². The molecule has 2 aromatic heterocycles. The number of nitrogens with zero attached hydrogens (tertiary/aromatic N) is 1. The number of aromatic amines is 1. The van der Waals surface area contributed by atoms with Gasteiger partial charge in [-0.05, 0) is 36.4 Å². The van der Waals surface area contributed by atoms with Crippen molar-refractivity contribution in [1.82, 2.24) is 9.97 Å².